The Bertz CT molecular complexity index is 1310. The molecule has 3 aromatic rings. The first kappa shape index (κ1) is 28.2. The van der Waals surface area contributed by atoms with Gasteiger partial charge in [-0.05, 0) is 80.2 Å². The number of nitrogens with zero attached hydrogens (tertiary/aromatic N) is 2. The molecule has 1 spiro atoms. The third-order valence-electron chi connectivity index (χ3n) is 8.12. The van der Waals surface area contributed by atoms with Crippen molar-refractivity contribution in [3.8, 4) is 0 Å². The Labute approximate surface area is 248 Å². The Morgan fingerprint density at radius 3 is 2.31 bits per heavy atom. The number of hydrogen-bond acceptors (Lipinski definition) is 3. The minimum absolute atomic E-state index is 0.140. The first-order valence-corrected chi connectivity index (χ1v) is 14.9. The van der Waals surface area contributed by atoms with Crippen molar-refractivity contribution in [3.63, 3.8) is 0 Å². The number of amides is 2. The van der Waals surface area contributed by atoms with E-state index < -0.39 is 0 Å². The average molecular weight is 629 g/mol. The van der Waals surface area contributed by atoms with Crippen molar-refractivity contribution in [2.24, 2.45) is 5.41 Å². The van der Waals surface area contributed by atoms with Crippen molar-refractivity contribution >= 4 is 50.9 Å². The van der Waals surface area contributed by atoms with Crippen LogP contribution in [0.1, 0.15) is 53.2 Å². The van der Waals surface area contributed by atoms with Crippen LogP contribution >= 0.6 is 39.1 Å². The largest absolute Gasteiger partial charge is 0.345 e. The molecule has 5 nitrogen and oxygen atoms in total. The van der Waals surface area contributed by atoms with Crippen LogP contribution in [0.4, 0.5) is 0 Å². The maximum atomic E-state index is 13.4. The summed E-state index contributed by atoms with van der Waals surface area (Å²) in [6.45, 7) is 4.12. The normalized spacial score (nSPS) is 17.9. The van der Waals surface area contributed by atoms with Gasteiger partial charge < -0.3 is 15.1 Å². The van der Waals surface area contributed by atoms with Crippen LogP contribution < -0.4 is 5.32 Å². The van der Waals surface area contributed by atoms with Crippen LogP contribution in [0.5, 0.6) is 0 Å². The lowest BCUT2D eigenvalue weighted by molar-refractivity contribution is -0.138. The Morgan fingerprint density at radius 1 is 0.923 bits per heavy atom. The van der Waals surface area contributed by atoms with Crippen LogP contribution in [0.25, 0.3) is 0 Å². The van der Waals surface area contributed by atoms with Crippen LogP contribution in [0.2, 0.25) is 10.0 Å². The minimum atomic E-state index is -0.229. The van der Waals surface area contributed by atoms with Gasteiger partial charge in [0.05, 0.1) is 21.5 Å². The number of carbonyl (C=O) groups excluding carboxylic acids is 2. The zero-order valence-corrected chi connectivity index (χ0v) is 24.8. The number of benzene rings is 3. The van der Waals surface area contributed by atoms with Crippen LogP contribution in [0.3, 0.4) is 0 Å². The van der Waals surface area contributed by atoms with Crippen LogP contribution in [-0.4, -0.2) is 47.8 Å². The van der Waals surface area contributed by atoms with Gasteiger partial charge >= 0.3 is 0 Å². The van der Waals surface area contributed by atoms with Gasteiger partial charge in [-0.25, -0.2) is 0 Å². The van der Waals surface area contributed by atoms with Gasteiger partial charge in [0.2, 0.25) is 5.91 Å². The third-order valence-corrected chi connectivity index (χ3v) is 9.39. The molecule has 2 fully saturated rings. The summed E-state index contributed by atoms with van der Waals surface area (Å²) in [4.78, 5) is 31.0. The first-order chi connectivity index (χ1) is 18.8. The van der Waals surface area contributed by atoms with Crippen molar-refractivity contribution in [3.05, 3.63) is 104 Å². The van der Waals surface area contributed by atoms with Gasteiger partial charge in [-0.15, -0.1) is 0 Å². The van der Waals surface area contributed by atoms with Crippen LogP contribution in [0, 0.1) is 5.41 Å². The number of likely N-dealkylation sites (tertiary alicyclic amines) is 2. The Morgan fingerprint density at radius 2 is 1.62 bits per heavy atom. The molecule has 2 aliphatic heterocycles. The number of hydrogen-bond donors (Lipinski definition) is 1. The average Bonchev–Trinajstić information content (AvgIpc) is 3.24. The van der Waals surface area contributed by atoms with Gasteiger partial charge in [0.25, 0.3) is 5.91 Å². The fraction of sp³-hybridized carbons (Fsp3) is 0.355. The van der Waals surface area contributed by atoms with E-state index in [1.54, 1.807) is 18.2 Å². The van der Waals surface area contributed by atoms with Crippen molar-refractivity contribution in [1.82, 2.24) is 15.1 Å². The standard InChI is InChI=1S/C31H32BrCl2N3O2/c32-25-9-6-22(7-10-25)21-37-19-15-31(30(37)39)13-17-36(18-14-31)16-12-28(23-4-2-1-3-5-23)35-29(38)24-8-11-26(33)27(34)20-24/h1-11,20,28H,12-19,21H2,(H,35,38). The summed E-state index contributed by atoms with van der Waals surface area (Å²) in [7, 11) is 0. The Hall–Kier alpha value is -2.38. The second-order valence-corrected chi connectivity index (χ2v) is 12.3. The molecule has 2 saturated heterocycles. The predicted octanol–water partition coefficient (Wildman–Crippen LogP) is 7.13. The summed E-state index contributed by atoms with van der Waals surface area (Å²) < 4.78 is 1.05. The van der Waals surface area contributed by atoms with Gasteiger partial charge in [-0.3, -0.25) is 9.59 Å². The highest BCUT2D eigenvalue weighted by Crippen LogP contribution is 2.42. The number of rotatable bonds is 8. The molecule has 0 radical (unpaired) electrons. The number of piperidine rings is 1. The van der Waals surface area contributed by atoms with Gasteiger partial charge in [0, 0.05) is 29.7 Å². The highest BCUT2D eigenvalue weighted by atomic mass is 79.9. The van der Waals surface area contributed by atoms with E-state index in [4.69, 9.17) is 23.2 Å². The van der Waals surface area contributed by atoms with E-state index in [1.165, 1.54) is 0 Å². The van der Waals surface area contributed by atoms with Crippen molar-refractivity contribution < 1.29 is 9.59 Å². The monoisotopic (exact) mass is 627 g/mol. The SMILES string of the molecule is O=C(NC(CCN1CCC2(CC1)CCN(Cc1ccc(Br)cc1)C2=O)c1ccccc1)c1ccc(Cl)c(Cl)c1. The lowest BCUT2D eigenvalue weighted by Gasteiger charge is -2.38. The minimum Gasteiger partial charge on any atom is -0.345 e. The Kier molecular flexibility index (Phi) is 8.97. The molecule has 1 atom stereocenters. The summed E-state index contributed by atoms with van der Waals surface area (Å²) in [6.07, 6.45) is 3.47. The highest BCUT2D eigenvalue weighted by Gasteiger charge is 2.47. The summed E-state index contributed by atoms with van der Waals surface area (Å²) >= 11 is 15.7. The number of halogens is 3. The van der Waals surface area contributed by atoms with Crippen molar-refractivity contribution in [2.45, 2.75) is 38.3 Å². The highest BCUT2D eigenvalue weighted by molar-refractivity contribution is 9.10. The summed E-state index contributed by atoms with van der Waals surface area (Å²) in [5.41, 5.74) is 2.48. The molecule has 0 aliphatic carbocycles. The predicted molar refractivity (Wildman–Crippen MR) is 160 cm³/mol. The van der Waals surface area contributed by atoms with E-state index in [0.717, 1.165) is 67.5 Å². The molecular weight excluding hydrogens is 597 g/mol. The zero-order chi connectivity index (χ0) is 27.4. The molecular formula is C31H32BrCl2N3O2. The van der Waals surface area contributed by atoms with Gasteiger partial charge in [-0.1, -0.05) is 81.6 Å². The van der Waals surface area contributed by atoms with E-state index in [1.807, 2.05) is 47.4 Å². The summed E-state index contributed by atoms with van der Waals surface area (Å²) in [5.74, 6) is 0.128. The topological polar surface area (TPSA) is 52.7 Å². The van der Waals surface area contributed by atoms with Crippen molar-refractivity contribution in [2.75, 3.05) is 26.2 Å². The summed E-state index contributed by atoms with van der Waals surface area (Å²) in [5, 5.41) is 3.98. The smallest absolute Gasteiger partial charge is 0.251 e. The van der Waals surface area contributed by atoms with Crippen LogP contribution in [-0.2, 0) is 11.3 Å². The quantitative estimate of drug-likeness (QED) is 0.289. The molecule has 5 rings (SSSR count). The molecule has 0 bridgehead atoms. The fourth-order valence-electron chi connectivity index (χ4n) is 5.72. The molecule has 2 heterocycles. The van der Waals surface area contributed by atoms with E-state index in [9.17, 15) is 9.59 Å². The second-order valence-electron chi connectivity index (χ2n) is 10.6. The molecule has 204 valence electrons. The number of carbonyl (C=O) groups is 2. The lowest BCUT2D eigenvalue weighted by Crippen LogP contribution is -2.45. The first-order valence-electron chi connectivity index (χ1n) is 13.4. The van der Waals surface area contributed by atoms with Gasteiger partial charge in [0.15, 0.2) is 0 Å². The molecule has 3 aromatic carbocycles. The molecule has 1 N–H and O–H groups in total. The van der Waals surface area contributed by atoms with E-state index >= 15 is 0 Å². The molecule has 1 unspecified atom stereocenters. The van der Waals surface area contributed by atoms with E-state index in [-0.39, 0.29) is 17.4 Å². The van der Waals surface area contributed by atoms with Gasteiger partial charge in [0.1, 0.15) is 0 Å². The van der Waals surface area contributed by atoms with Gasteiger partial charge in [-0.2, -0.15) is 0 Å². The van der Waals surface area contributed by atoms with E-state index in [2.05, 4.69) is 38.3 Å². The maximum absolute atomic E-state index is 13.4. The number of nitrogens with one attached hydrogen (secondary N) is 1. The van der Waals surface area contributed by atoms with Crippen LogP contribution in [0.15, 0.2) is 77.3 Å². The molecule has 0 saturated carbocycles. The second kappa shape index (κ2) is 12.4. The molecule has 2 aliphatic rings. The third kappa shape index (κ3) is 6.68. The zero-order valence-electron chi connectivity index (χ0n) is 21.7. The molecule has 0 aromatic heterocycles. The molecule has 8 heteroatoms. The summed E-state index contributed by atoms with van der Waals surface area (Å²) in [6, 6.07) is 23.0. The molecule has 39 heavy (non-hydrogen) atoms. The Balaban J connectivity index is 1.17. The van der Waals surface area contributed by atoms with E-state index in [0.29, 0.717) is 28.1 Å². The fourth-order valence-corrected chi connectivity index (χ4v) is 6.28. The maximum Gasteiger partial charge on any atom is 0.251 e. The lowest BCUT2D eigenvalue weighted by atomic mass is 9.77. The molecule has 2 amide bonds. The van der Waals surface area contributed by atoms with Crippen molar-refractivity contribution in [1.29, 1.82) is 0 Å².